The van der Waals surface area contributed by atoms with Crippen molar-refractivity contribution in [2.24, 2.45) is 11.3 Å². The summed E-state index contributed by atoms with van der Waals surface area (Å²) in [5, 5.41) is 13.8. The van der Waals surface area contributed by atoms with Gasteiger partial charge in [-0.15, -0.1) is 0 Å². The van der Waals surface area contributed by atoms with Crippen LogP contribution < -0.4 is 5.32 Å². The summed E-state index contributed by atoms with van der Waals surface area (Å²) < 4.78 is 11.4. The van der Waals surface area contributed by atoms with E-state index >= 15 is 0 Å². The number of hydrogen-bond acceptors (Lipinski definition) is 6. The Hall–Kier alpha value is -3.24. The molecule has 0 aromatic heterocycles. The predicted molar refractivity (Wildman–Crippen MR) is 152 cm³/mol. The number of amides is 2. The van der Waals surface area contributed by atoms with E-state index in [9.17, 15) is 19.7 Å². The van der Waals surface area contributed by atoms with Crippen LogP contribution in [0.15, 0.2) is 48.5 Å². The third-order valence-corrected chi connectivity index (χ3v) is 7.17. The lowest BCUT2D eigenvalue weighted by Gasteiger charge is -2.33. The van der Waals surface area contributed by atoms with Crippen LogP contribution in [0.2, 0.25) is 13.1 Å². The van der Waals surface area contributed by atoms with Gasteiger partial charge >= 0.3 is 6.09 Å². The molecule has 0 aliphatic heterocycles. The van der Waals surface area contributed by atoms with Crippen LogP contribution in [0.5, 0.6) is 0 Å². The summed E-state index contributed by atoms with van der Waals surface area (Å²) in [7, 11) is -1.32. The van der Waals surface area contributed by atoms with E-state index in [4.69, 9.17) is 9.16 Å². The van der Waals surface area contributed by atoms with E-state index < -0.39 is 26.0 Å². The number of nitro groups is 1. The maximum Gasteiger partial charge on any atom is 0.411 e. The average Bonchev–Trinajstić information content (AvgIpc) is 2.86. The van der Waals surface area contributed by atoms with Crippen molar-refractivity contribution in [3.05, 3.63) is 69.8 Å². The highest BCUT2D eigenvalue weighted by Gasteiger charge is 2.26. The molecular formula is C28H41N3O6Si. The highest BCUT2D eigenvalue weighted by atomic mass is 28.3. The average molecular weight is 544 g/mol. The molecule has 0 aliphatic rings. The summed E-state index contributed by atoms with van der Waals surface area (Å²) in [6.07, 6.45) is 2.64. The zero-order valence-electron chi connectivity index (χ0n) is 23.4. The van der Waals surface area contributed by atoms with E-state index in [0.717, 1.165) is 24.8 Å². The number of rotatable bonds is 13. The predicted octanol–water partition coefficient (Wildman–Crippen LogP) is 6.60. The minimum absolute atomic E-state index is 0.0537. The molecule has 10 heteroatoms. The Bertz CT molecular complexity index is 1070. The van der Waals surface area contributed by atoms with Crippen molar-refractivity contribution in [2.75, 3.05) is 18.6 Å². The van der Waals surface area contributed by atoms with Gasteiger partial charge in [0.1, 0.15) is 19.0 Å². The molecule has 1 N–H and O–H groups in total. The fourth-order valence-electron chi connectivity index (χ4n) is 4.04. The molecule has 1 atom stereocenters. The number of carbonyl (C=O) groups excluding carboxylic acids is 2. The molecule has 1 unspecified atom stereocenters. The van der Waals surface area contributed by atoms with E-state index in [-0.39, 0.29) is 30.1 Å². The maximum atomic E-state index is 12.9. The van der Waals surface area contributed by atoms with Gasteiger partial charge in [-0.3, -0.25) is 19.8 Å². The van der Waals surface area contributed by atoms with Gasteiger partial charge in [0.2, 0.25) is 0 Å². The van der Waals surface area contributed by atoms with Crippen molar-refractivity contribution in [1.29, 1.82) is 0 Å². The number of nitrogens with one attached hydrogen (secondary N) is 1. The van der Waals surface area contributed by atoms with Gasteiger partial charge in [-0.25, -0.2) is 4.79 Å². The molecule has 0 heterocycles. The number of hydrogen-bond donors (Lipinski definition) is 1. The first-order valence-electron chi connectivity index (χ1n) is 13.1. The van der Waals surface area contributed by atoms with Crippen molar-refractivity contribution in [3.63, 3.8) is 0 Å². The number of nitrogens with zero attached hydrogens (tertiary/aromatic N) is 2. The van der Waals surface area contributed by atoms with Crippen LogP contribution >= 0.6 is 0 Å². The normalized spacial score (nSPS) is 12.2. The number of benzene rings is 2. The van der Waals surface area contributed by atoms with Gasteiger partial charge in [0.15, 0.2) is 9.04 Å². The van der Waals surface area contributed by atoms with Crippen LogP contribution in [0.25, 0.3) is 0 Å². The second kappa shape index (κ2) is 14.6. The first-order chi connectivity index (χ1) is 17.9. The molecule has 0 fully saturated rings. The molecule has 2 aromatic carbocycles. The Kier molecular flexibility index (Phi) is 11.9. The summed E-state index contributed by atoms with van der Waals surface area (Å²) in [5.41, 5.74) is 1.15. The summed E-state index contributed by atoms with van der Waals surface area (Å²) >= 11 is 0. The van der Waals surface area contributed by atoms with Crippen molar-refractivity contribution in [1.82, 2.24) is 4.90 Å². The van der Waals surface area contributed by atoms with Crippen LogP contribution in [0, 0.1) is 21.4 Å². The highest BCUT2D eigenvalue weighted by molar-refractivity contribution is 6.48. The topological polar surface area (TPSA) is 111 Å². The van der Waals surface area contributed by atoms with Crippen molar-refractivity contribution in [2.45, 2.75) is 66.7 Å². The zero-order valence-corrected chi connectivity index (χ0v) is 24.5. The van der Waals surface area contributed by atoms with E-state index in [1.165, 1.54) is 18.2 Å². The Morgan fingerprint density at radius 1 is 1.08 bits per heavy atom. The summed E-state index contributed by atoms with van der Waals surface area (Å²) in [6.45, 7) is 13.8. The maximum absolute atomic E-state index is 12.9. The molecule has 0 spiro atoms. The molecule has 0 saturated carbocycles. The third-order valence-electron chi connectivity index (χ3n) is 6.36. The Labute approximate surface area is 227 Å². The molecule has 0 saturated heterocycles. The number of nitro benzene ring substituents is 1. The van der Waals surface area contributed by atoms with Crippen LogP contribution in [0.4, 0.5) is 16.2 Å². The second-order valence-electron chi connectivity index (χ2n) is 10.7. The summed E-state index contributed by atoms with van der Waals surface area (Å²) in [6, 6.07) is 12.5. The molecule has 0 bridgehead atoms. The SMILES string of the molecule is CCCC(CCN(CO[SiH](C)C)C(=O)OCc1ccc(C(=O)Nc2ccccc2[N+](=O)[O-])cc1)C(C)(C)C. The highest BCUT2D eigenvalue weighted by Crippen LogP contribution is 2.32. The van der Waals surface area contributed by atoms with E-state index in [0.29, 0.717) is 18.0 Å². The smallest absolute Gasteiger partial charge is 0.411 e. The van der Waals surface area contributed by atoms with Crippen LogP contribution in [-0.4, -0.2) is 44.1 Å². The minimum Gasteiger partial charge on any atom is -0.444 e. The van der Waals surface area contributed by atoms with Crippen LogP contribution in [-0.2, 0) is 15.8 Å². The lowest BCUT2D eigenvalue weighted by atomic mass is 9.76. The lowest BCUT2D eigenvalue weighted by Crippen LogP contribution is -2.38. The van der Waals surface area contributed by atoms with E-state index in [1.807, 2.05) is 0 Å². The quantitative estimate of drug-likeness (QED) is 0.132. The fourth-order valence-corrected chi connectivity index (χ4v) is 4.52. The van der Waals surface area contributed by atoms with Crippen LogP contribution in [0.3, 0.4) is 0 Å². The summed E-state index contributed by atoms with van der Waals surface area (Å²) in [4.78, 5) is 37.8. The van der Waals surface area contributed by atoms with Gasteiger partial charge in [-0.1, -0.05) is 64.8 Å². The number of para-hydroxylation sites is 2. The summed E-state index contributed by atoms with van der Waals surface area (Å²) in [5.74, 6) is 0.0135. The van der Waals surface area contributed by atoms with Crippen molar-refractivity contribution < 1.29 is 23.7 Å². The Balaban J connectivity index is 1.99. The van der Waals surface area contributed by atoms with Crippen molar-refractivity contribution >= 4 is 32.4 Å². The molecule has 208 valence electrons. The molecule has 2 amide bonds. The monoisotopic (exact) mass is 543 g/mol. The first kappa shape index (κ1) is 31.0. The standard InChI is InChI=1S/C28H41N3O6Si/c1-7-10-23(28(2,3)4)17-18-30(20-37-38(5)6)27(33)36-19-21-13-15-22(16-14-21)26(32)29-24-11-8-9-12-25(24)31(34)35/h8-9,11-16,23,38H,7,10,17-20H2,1-6H3,(H,29,32). The molecule has 38 heavy (non-hydrogen) atoms. The first-order valence-corrected chi connectivity index (χ1v) is 15.9. The Morgan fingerprint density at radius 2 is 1.74 bits per heavy atom. The number of anilines is 1. The number of ether oxygens (including phenoxy) is 1. The Morgan fingerprint density at radius 3 is 2.32 bits per heavy atom. The van der Waals surface area contributed by atoms with Gasteiger partial charge in [0, 0.05) is 18.2 Å². The molecule has 0 radical (unpaired) electrons. The number of carbonyl (C=O) groups is 2. The fraction of sp³-hybridized carbons (Fsp3) is 0.500. The van der Waals surface area contributed by atoms with Gasteiger partial charge in [-0.05, 0) is 54.6 Å². The third kappa shape index (κ3) is 9.90. The second-order valence-corrected chi connectivity index (χ2v) is 13.2. The van der Waals surface area contributed by atoms with Gasteiger partial charge in [0.25, 0.3) is 11.6 Å². The van der Waals surface area contributed by atoms with E-state index in [2.05, 4.69) is 46.1 Å². The van der Waals surface area contributed by atoms with Crippen LogP contribution in [0.1, 0.15) is 62.9 Å². The molecule has 2 aromatic rings. The molecular weight excluding hydrogens is 502 g/mol. The molecule has 0 aliphatic carbocycles. The van der Waals surface area contributed by atoms with Gasteiger partial charge in [-0.2, -0.15) is 0 Å². The molecule has 9 nitrogen and oxygen atoms in total. The molecule has 2 rings (SSSR count). The lowest BCUT2D eigenvalue weighted by molar-refractivity contribution is -0.383. The zero-order chi connectivity index (χ0) is 28.3. The largest absolute Gasteiger partial charge is 0.444 e. The van der Waals surface area contributed by atoms with E-state index in [1.54, 1.807) is 35.2 Å². The van der Waals surface area contributed by atoms with Gasteiger partial charge in [0.05, 0.1) is 4.92 Å². The van der Waals surface area contributed by atoms with Gasteiger partial charge < -0.3 is 14.5 Å². The minimum atomic E-state index is -1.32. The van der Waals surface area contributed by atoms with Crippen molar-refractivity contribution in [3.8, 4) is 0 Å².